The number of nitrogens with one attached hydrogen (secondary N) is 1. The summed E-state index contributed by atoms with van der Waals surface area (Å²) in [6.07, 6.45) is 1.01. The molecule has 0 heterocycles. The summed E-state index contributed by atoms with van der Waals surface area (Å²) >= 11 is 1.27. The number of aliphatic imine (C=N–C) groups is 1. The second-order valence-corrected chi connectivity index (χ2v) is 3.85. The van der Waals surface area contributed by atoms with Gasteiger partial charge in [-0.2, -0.15) is 5.26 Å². The SMILES string of the molecule is CSC(=Nc1cccc(OCC(F)F)c1)NC#N. The zero-order valence-corrected chi connectivity index (χ0v) is 10.4. The van der Waals surface area contributed by atoms with E-state index in [2.05, 4.69) is 10.3 Å². The topological polar surface area (TPSA) is 57.4 Å². The van der Waals surface area contributed by atoms with Crippen LogP contribution in [0, 0.1) is 11.5 Å². The summed E-state index contributed by atoms with van der Waals surface area (Å²) in [6, 6.07) is 6.42. The molecule has 0 saturated carbocycles. The molecule has 96 valence electrons. The van der Waals surface area contributed by atoms with Crippen molar-refractivity contribution in [3.63, 3.8) is 0 Å². The molecule has 0 fully saturated rings. The molecule has 0 saturated heterocycles. The lowest BCUT2D eigenvalue weighted by molar-refractivity contribution is 0.0819. The Morgan fingerprint density at radius 2 is 2.39 bits per heavy atom. The molecule has 0 amide bonds. The second kappa shape index (κ2) is 7.50. The summed E-state index contributed by atoms with van der Waals surface area (Å²) in [7, 11) is 0. The lowest BCUT2D eigenvalue weighted by atomic mass is 10.3. The number of nitriles is 1. The zero-order valence-electron chi connectivity index (χ0n) is 9.56. The largest absolute Gasteiger partial charge is 0.488 e. The normalized spacial score (nSPS) is 11.2. The Kier molecular flexibility index (Phi) is 5.94. The molecule has 0 spiro atoms. The molecule has 0 bridgehead atoms. The van der Waals surface area contributed by atoms with Crippen LogP contribution in [0.4, 0.5) is 14.5 Å². The second-order valence-electron chi connectivity index (χ2n) is 3.06. The molecule has 4 nitrogen and oxygen atoms in total. The van der Waals surface area contributed by atoms with Gasteiger partial charge in [0.05, 0.1) is 5.69 Å². The number of thioether (sulfide) groups is 1. The molecule has 1 N–H and O–H groups in total. The number of amidine groups is 1. The number of halogens is 2. The smallest absolute Gasteiger partial charge is 0.272 e. The Morgan fingerprint density at radius 3 is 3.00 bits per heavy atom. The number of benzene rings is 1. The maximum atomic E-state index is 12.0. The van der Waals surface area contributed by atoms with Crippen molar-refractivity contribution < 1.29 is 13.5 Å². The van der Waals surface area contributed by atoms with E-state index in [1.54, 1.807) is 30.6 Å². The van der Waals surface area contributed by atoms with Crippen LogP contribution < -0.4 is 10.1 Å². The fraction of sp³-hybridized carbons (Fsp3) is 0.273. The predicted octanol–water partition coefficient (Wildman–Crippen LogP) is 2.75. The minimum atomic E-state index is -2.51. The number of hydrogen-bond donors (Lipinski definition) is 1. The van der Waals surface area contributed by atoms with Crippen LogP contribution in [0.2, 0.25) is 0 Å². The van der Waals surface area contributed by atoms with Gasteiger partial charge in [0.2, 0.25) is 0 Å². The van der Waals surface area contributed by atoms with Crippen LogP contribution >= 0.6 is 11.8 Å². The van der Waals surface area contributed by atoms with Gasteiger partial charge in [-0.25, -0.2) is 13.8 Å². The van der Waals surface area contributed by atoms with Crippen molar-refractivity contribution >= 4 is 22.6 Å². The van der Waals surface area contributed by atoms with Crippen molar-refractivity contribution in [1.82, 2.24) is 5.32 Å². The van der Waals surface area contributed by atoms with E-state index in [0.29, 0.717) is 16.6 Å². The minimum Gasteiger partial charge on any atom is -0.488 e. The van der Waals surface area contributed by atoms with Gasteiger partial charge in [-0.3, -0.25) is 5.32 Å². The van der Waals surface area contributed by atoms with Gasteiger partial charge < -0.3 is 4.74 Å². The summed E-state index contributed by atoms with van der Waals surface area (Å²) in [5, 5.41) is 11.3. The quantitative estimate of drug-likeness (QED) is 0.396. The van der Waals surface area contributed by atoms with E-state index < -0.39 is 13.0 Å². The van der Waals surface area contributed by atoms with E-state index >= 15 is 0 Å². The maximum absolute atomic E-state index is 12.0. The minimum absolute atomic E-state index is 0.314. The molecular formula is C11H11F2N3OS. The molecule has 0 atom stereocenters. The third kappa shape index (κ3) is 5.01. The molecule has 0 aliphatic heterocycles. The Balaban J connectivity index is 2.78. The highest BCUT2D eigenvalue weighted by Gasteiger charge is 2.04. The van der Waals surface area contributed by atoms with Crippen molar-refractivity contribution in [2.75, 3.05) is 12.9 Å². The summed E-state index contributed by atoms with van der Waals surface area (Å²) in [6.45, 7) is -0.654. The number of hydrogen-bond acceptors (Lipinski definition) is 4. The first-order valence-corrected chi connectivity index (χ1v) is 6.17. The van der Waals surface area contributed by atoms with E-state index in [9.17, 15) is 8.78 Å². The zero-order chi connectivity index (χ0) is 13.4. The molecule has 0 aromatic heterocycles. The van der Waals surface area contributed by atoms with Gasteiger partial charge in [-0.05, 0) is 18.4 Å². The molecule has 1 aromatic rings. The Bertz CT molecular complexity index is 460. The molecular weight excluding hydrogens is 260 g/mol. The molecule has 18 heavy (non-hydrogen) atoms. The Hall–Kier alpha value is -1.81. The van der Waals surface area contributed by atoms with Gasteiger partial charge in [0.1, 0.15) is 12.4 Å². The fourth-order valence-corrected chi connectivity index (χ4v) is 1.44. The average molecular weight is 271 g/mol. The molecule has 0 radical (unpaired) electrons. The molecule has 0 unspecified atom stereocenters. The third-order valence-corrected chi connectivity index (χ3v) is 2.36. The van der Waals surface area contributed by atoms with Crippen molar-refractivity contribution in [3.8, 4) is 11.9 Å². The monoisotopic (exact) mass is 271 g/mol. The number of rotatable bonds is 4. The molecule has 0 aliphatic carbocycles. The lowest BCUT2D eigenvalue weighted by Crippen LogP contribution is -2.12. The summed E-state index contributed by atoms with van der Waals surface area (Å²) < 4.78 is 28.8. The van der Waals surface area contributed by atoms with E-state index in [1.807, 2.05) is 0 Å². The first-order valence-electron chi connectivity index (χ1n) is 4.94. The van der Waals surface area contributed by atoms with Gasteiger partial charge in [0, 0.05) is 6.07 Å². The van der Waals surface area contributed by atoms with Crippen LogP contribution in [0.15, 0.2) is 29.3 Å². The van der Waals surface area contributed by atoms with Crippen LogP contribution in [0.1, 0.15) is 0 Å². The van der Waals surface area contributed by atoms with Crippen LogP contribution in [-0.2, 0) is 0 Å². The fourth-order valence-electron chi connectivity index (χ4n) is 1.09. The van der Waals surface area contributed by atoms with Crippen LogP contribution in [0.3, 0.4) is 0 Å². The van der Waals surface area contributed by atoms with E-state index in [-0.39, 0.29) is 0 Å². The molecule has 0 aliphatic rings. The van der Waals surface area contributed by atoms with Crippen LogP contribution in [0.25, 0.3) is 0 Å². The number of nitrogens with zero attached hydrogens (tertiary/aromatic N) is 2. The third-order valence-electron chi connectivity index (χ3n) is 1.78. The van der Waals surface area contributed by atoms with E-state index in [4.69, 9.17) is 10.00 Å². The van der Waals surface area contributed by atoms with Gasteiger partial charge in [-0.15, -0.1) is 0 Å². The first-order chi connectivity index (χ1) is 8.65. The highest BCUT2D eigenvalue weighted by atomic mass is 32.2. The lowest BCUT2D eigenvalue weighted by Gasteiger charge is -2.06. The Labute approximate surface area is 108 Å². The van der Waals surface area contributed by atoms with Gasteiger partial charge in [0.15, 0.2) is 11.4 Å². The van der Waals surface area contributed by atoms with Gasteiger partial charge in [-0.1, -0.05) is 17.8 Å². The van der Waals surface area contributed by atoms with Gasteiger partial charge >= 0.3 is 0 Å². The molecule has 7 heteroatoms. The summed E-state index contributed by atoms with van der Waals surface area (Å²) in [5.74, 6) is 0.314. The standard InChI is InChI=1S/C11H11F2N3OS/c1-18-11(15-7-14)16-8-3-2-4-9(5-8)17-6-10(12)13/h2-5,10H,6H2,1H3,(H,15,16). The van der Waals surface area contributed by atoms with Crippen molar-refractivity contribution in [1.29, 1.82) is 5.26 Å². The first kappa shape index (κ1) is 14.3. The van der Waals surface area contributed by atoms with E-state index in [1.165, 1.54) is 17.8 Å². The van der Waals surface area contributed by atoms with Crippen molar-refractivity contribution in [2.45, 2.75) is 6.43 Å². The van der Waals surface area contributed by atoms with E-state index in [0.717, 1.165) is 0 Å². The highest BCUT2D eigenvalue weighted by molar-refractivity contribution is 8.13. The van der Waals surface area contributed by atoms with Crippen LogP contribution in [0.5, 0.6) is 5.75 Å². The highest BCUT2D eigenvalue weighted by Crippen LogP contribution is 2.21. The van der Waals surface area contributed by atoms with Crippen molar-refractivity contribution in [2.24, 2.45) is 4.99 Å². The maximum Gasteiger partial charge on any atom is 0.272 e. The average Bonchev–Trinajstić information content (AvgIpc) is 2.36. The van der Waals surface area contributed by atoms with Crippen molar-refractivity contribution in [3.05, 3.63) is 24.3 Å². The predicted molar refractivity (Wildman–Crippen MR) is 67.3 cm³/mol. The summed E-state index contributed by atoms with van der Waals surface area (Å²) in [4.78, 5) is 4.13. The Morgan fingerprint density at radius 1 is 1.61 bits per heavy atom. The number of alkyl halides is 2. The summed E-state index contributed by atoms with van der Waals surface area (Å²) in [5.41, 5.74) is 0.522. The number of ether oxygens (including phenoxy) is 1. The van der Waals surface area contributed by atoms with Crippen LogP contribution in [-0.4, -0.2) is 24.5 Å². The molecule has 1 rings (SSSR count). The van der Waals surface area contributed by atoms with Gasteiger partial charge in [0.25, 0.3) is 6.43 Å². The molecule has 1 aromatic carbocycles.